The van der Waals surface area contributed by atoms with E-state index in [-0.39, 0.29) is 12.5 Å². The lowest BCUT2D eigenvalue weighted by Gasteiger charge is -2.23. The zero-order chi connectivity index (χ0) is 14.5. The molecule has 2 N–H and O–H groups in total. The molecule has 20 heavy (non-hydrogen) atoms. The first kappa shape index (κ1) is 15.1. The van der Waals surface area contributed by atoms with Gasteiger partial charge in [-0.25, -0.2) is 4.39 Å². The van der Waals surface area contributed by atoms with Crippen LogP contribution in [0, 0.1) is 5.82 Å². The molecule has 4 nitrogen and oxygen atoms in total. The van der Waals surface area contributed by atoms with Crippen LogP contribution in [-0.2, 0) is 16.0 Å². The van der Waals surface area contributed by atoms with Crippen LogP contribution in [0.4, 0.5) is 4.39 Å². The van der Waals surface area contributed by atoms with E-state index in [1.165, 1.54) is 12.1 Å². The average molecular weight is 343 g/mol. The molecule has 0 unspecified atom stereocenters. The van der Waals surface area contributed by atoms with Crippen LogP contribution in [-0.4, -0.2) is 30.8 Å². The van der Waals surface area contributed by atoms with E-state index in [9.17, 15) is 14.0 Å². The maximum Gasteiger partial charge on any atom is 0.287 e. The molecular weight excluding hydrogens is 327 g/mol. The summed E-state index contributed by atoms with van der Waals surface area (Å²) in [5, 5.41) is 5.92. The van der Waals surface area contributed by atoms with Gasteiger partial charge in [0.1, 0.15) is 5.82 Å². The summed E-state index contributed by atoms with van der Waals surface area (Å²) in [6.07, 6.45) is 1.57. The topological polar surface area (TPSA) is 58.2 Å². The molecule has 0 aromatic heterocycles. The number of benzene rings is 1. The van der Waals surface area contributed by atoms with Crippen molar-refractivity contribution in [2.24, 2.45) is 0 Å². The third-order valence-electron chi connectivity index (χ3n) is 3.28. The van der Waals surface area contributed by atoms with Gasteiger partial charge in [-0.1, -0.05) is 6.07 Å². The summed E-state index contributed by atoms with van der Waals surface area (Å²) in [4.78, 5) is 23.6. The molecule has 2 rings (SSSR count). The first-order valence-corrected chi connectivity index (χ1v) is 7.34. The molecule has 1 aliphatic heterocycles. The van der Waals surface area contributed by atoms with Gasteiger partial charge in [0.2, 0.25) is 5.78 Å². The second kappa shape index (κ2) is 6.95. The van der Waals surface area contributed by atoms with Crippen molar-refractivity contribution in [3.05, 3.63) is 34.1 Å². The largest absolute Gasteiger partial charge is 0.347 e. The van der Waals surface area contributed by atoms with E-state index < -0.39 is 17.5 Å². The lowest BCUT2D eigenvalue weighted by Crippen LogP contribution is -2.45. The standard InChI is InChI=1S/C14H16BrFN2O2/c15-11-2-1-9(7-12(11)16)8-13(19)14(20)18-10-3-5-17-6-4-10/h1-2,7,10,17H,3-6,8H2,(H,18,20). The fraction of sp³-hybridized carbons (Fsp3) is 0.429. The van der Waals surface area contributed by atoms with Gasteiger partial charge in [0.15, 0.2) is 0 Å². The Labute approximate surface area is 125 Å². The monoisotopic (exact) mass is 342 g/mol. The molecule has 108 valence electrons. The summed E-state index contributed by atoms with van der Waals surface area (Å²) >= 11 is 3.05. The normalized spacial score (nSPS) is 15.9. The number of amides is 1. The minimum absolute atomic E-state index is 0.0503. The van der Waals surface area contributed by atoms with Gasteiger partial charge in [-0.2, -0.15) is 0 Å². The molecule has 0 aliphatic carbocycles. The number of carbonyl (C=O) groups excluding carboxylic acids is 2. The molecule has 1 heterocycles. The number of hydrogen-bond acceptors (Lipinski definition) is 3. The Morgan fingerprint density at radius 3 is 2.70 bits per heavy atom. The zero-order valence-electron chi connectivity index (χ0n) is 10.9. The Balaban J connectivity index is 1.89. The highest BCUT2D eigenvalue weighted by atomic mass is 79.9. The zero-order valence-corrected chi connectivity index (χ0v) is 12.5. The lowest BCUT2D eigenvalue weighted by atomic mass is 10.1. The van der Waals surface area contributed by atoms with E-state index >= 15 is 0 Å². The minimum Gasteiger partial charge on any atom is -0.347 e. The first-order valence-electron chi connectivity index (χ1n) is 6.54. The van der Waals surface area contributed by atoms with E-state index in [1.807, 2.05) is 0 Å². The predicted octanol–water partition coefficient (Wildman–Crippen LogP) is 1.57. The number of nitrogens with one attached hydrogen (secondary N) is 2. The Kier molecular flexibility index (Phi) is 5.25. The van der Waals surface area contributed by atoms with Crippen molar-refractivity contribution in [2.45, 2.75) is 25.3 Å². The second-order valence-corrected chi connectivity index (χ2v) is 5.70. The number of carbonyl (C=O) groups is 2. The summed E-state index contributed by atoms with van der Waals surface area (Å²) in [6.45, 7) is 1.69. The van der Waals surface area contributed by atoms with Gasteiger partial charge < -0.3 is 10.6 Å². The van der Waals surface area contributed by atoms with E-state index in [2.05, 4.69) is 26.6 Å². The molecule has 1 fully saturated rings. The Morgan fingerprint density at radius 1 is 1.35 bits per heavy atom. The van der Waals surface area contributed by atoms with Crippen LogP contribution < -0.4 is 10.6 Å². The van der Waals surface area contributed by atoms with Crippen LogP contribution in [0.1, 0.15) is 18.4 Å². The second-order valence-electron chi connectivity index (χ2n) is 4.85. The van der Waals surface area contributed by atoms with Gasteiger partial charge in [-0.15, -0.1) is 0 Å². The summed E-state index contributed by atoms with van der Waals surface area (Å²) in [5.74, 6) is -1.56. The van der Waals surface area contributed by atoms with Gasteiger partial charge >= 0.3 is 0 Å². The van der Waals surface area contributed by atoms with Crippen molar-refractivity contribution in [1.29, 1.82) is 0 Å². The van der Waals surface area contributed by atoms with Crippen molar-refractivity contribution >= 4 is 27.6 Å². The van der Waals surface area contributed by atoms with Crippen molar-refractivity contribution in [3.8, 4) is 0 Å². The fourth-order valence-electron chi connectivity index (χ4n) is 2.15. The van der Waals surface area contributed by atoms with Crippen LogP contribution in [0.2, 0.25) is 0 Å². The average Bonchev–Trinajstić information content (AvgIpc) is 2.44. The van der Waals surface area contributed by atoms with Crippen LogP contribution in [0.5, 0.6) is 0 Å². The summed E-state index contributed by atoms with van der Waals surface area (Å²) in [6, 6.07) is 4.47. The van der Waals surface area contributed by atoms with Crippen LogP contribution in [0.15, 0.2) is 22.7 Å². The predicted molar refractivity (Wildman–Crippen MR) is 76.8 cm³/mol. The maximum absolute atomic E-state index is 13.3. The van der Waals surface area contributed by atoms with Gasteiger partial charge in [-0.05, 0) is 59.6 Å². The number of piperidine rings is 1. The minimum atomic E-state index is -0.583. The lowest BCUT2D eigenvalue weighted by molar-refractivity contribution is -0.138. The van der Waals surface area contributed by atoms with Crippen molar-refractivity contribution in [2.75, 3.05) is 13.1 Å². The summed E-state index contributed by atoms with van der Waals surface area (Å²) in [5.41, 5.74) is 0.496. The number of hydrogen-bond donors (Lipinski definition) is 2. The molecule has 0 radical (unpaired) electrons. The molecule has 1 aromatic rings. The summed E-state index contributed by atoms with van der Waals surface area (Å²) < 4.78 is 13.7. The van der Waals surface area contributed by atoms with Crippen molar-refractivity contribution in [1.82, 2.24) is 10.6 Å². The van der Waals surface area contributed by atoms with E-state index in [0.717, 1.165) is 25.9 Å². The summed E-state index contributed by atoms with van der Waals surface area (Å²) in [7, 11) is 0. The van der Waals surface area contributed by atoms with Gasteiger partial charge in [-0.3, -0.25) is 9.59 Å². The highest BCUT2D eigenvalue weighted by Crippen LogP contribution is 2.16. The third kappa shape index (κ3) is 4.11. The highest BCUT2D eigenvalue weighted by molar-refractivity contribution is 9.10. The molecule has 0 spiro atoms. The van der Waals surface area contributed by atoms with Crippen LogP contribution in [0.25, 0.3) is 0 Å². The molecule has 0 atom stereocenters. The van der Waals surface area contributed by atoms with E-state index in [0.29, 0.717) is 10.0 Å². The quantitative estimate of drug-likeness (QED) is 0.816. The molecule has 6 heteroatoms. The molecule has 0 bridgehead atoms. The number of rotatable bonds is 4. The molecule has 1 aromatic carbocycles. The van der Waals surface area contributed by atoms with E-state index in [1.54, 1.807) is 6.07 Å². The molecule has 1 saturated heterocycles. The highest BCUT2D eigenvalue weighted by Gasteiger charge is 2.20. The number of ketones is 1. The Morgan fingerprint density at radius 2 is 2.05 bits per heavy atom. The van der Waals surface area contributed by atoms with Crippen LogP contribution >= 0.6 is 15.9 Å². The first-order chi connectivity index (χ1) is 9.56. The molecule has 1 amide bonds. The van der Waals surface area contributed by atoms with Crippen molar-refractivity contribution in [3.63, 3.8) is 0 Å². The van der Waals surface area contributed by atoms with E-state index in [4.69, 9.17) is 0 Å². The Bertz CT molecular complexity index is 516. The number of Topliss-reactive ketones (excluding diaryl/α,β-unsaturated/α-hetero) is 1. The molecular formula is C14H16BrFN2O2. The maximum atomic E-state index is 13.3. The number of halogens is 2. The molecule has 0 saturated carbocycles. The molecule has 1 aliphatic rings. The third-order valence-corrected chi connectivity index (χ3v) is 3.92. The van der Waals surface area contributed by atoms with Crippen LogP contribution in [0.3, 0.4) is 0 Å². The van der Waals surface area contributed by atoms with Gasteiger partial charge in [0, 0.05) is 12.5 Å². The fourth-order valence-corrected chi connectivity index (χ4v) is 2.39. The SMILES string of the molecule is O=C(Cc1ccc(Br)c(F)c1)C(=O)NC1CCNCC1. The van der Waals surface area contributed by atoms with Gasteiger partial charge in [0.05, 0.1) is 4.47 Å². The smallest absolute Gasteiger partial charge is 0.287 e. The van der Waals surface area contributed by atoms with Gasteiger partial charge in [0.25, 0.3) is 5.91 Å². The van der Waals surface area contributed by atoms with Crippen molar-refractivity contribution < 1.29 is 14.0 Å². The Hall–Kier alpha value is -1.27.